The van der Waals surface area contributed by atoms with Gasteiger partial charge in [-0.25, -0.2) is 9.50 Å². The van der Waals surface area contributed by atoms with Gasteiger partial charge < -0.3 is 10.2 Å². The van der Waals surface area contributed by atoms with E-state index in [1.54, 1.807) is 6.20 Å². The Balaban J connectivity index is 1.58. The van der Waals surface area contributed by atoms with Crippen molar-refractivity contribution in [3.05, 3.63) is 47.7 Å². The van der Waals surface area contributed by atoms with Gasteiger partial charge in [-0.05, 0) is 37.5 Å². The minimum atomic E-state index is -0.00187. The summed E-state index contributed by atoms with van der Waals surface area (Å²) >= 11 is 6.14. The molecule has 3 aromatic rings. The number of halogens is 1. The largest absolute Gasteiger partial charge is 0.356 e. The number of benzene rings is 1. The zero-order chi connectivity index (χ0) is 20.2. The zero-order valence-corrected chi connectivity index (χ0v) is 17.4. The summed E-state index contributed by atoms with van der Waals surface area (Å²) in [6, 6.07) is 9.73. The van der Waals surface area contributed by atoms with Gasteiger partial charge in [-0.2, -0.15) is 5.10 Å². The lowest BCUT2D eigenvalue weighted by atomic mass is 9.97. The molecule has 4 rings (SSSR count). The van der Waals surface area contributed by atoms with Gasteiger partial charge >= 0.3 is 0 Å². The number of hydrogen-bond donors (Lipinski definition) is 1. The molecule has 29 heavy (non-hydrogen) atoms. The fourth-order valence-corrected chi connectivity index (χ4v) is 4.05. The van der Waals surface area contributed by atoms with E-state index in [4.69, 9.17) is 16.7 Å². The summed E-state index contributed by atoms with van der Waals surface area (Å²) in [5.41, 5.74) is 2.76. The summed E-state index contributed by atoms with van der Waals surface area (Å²) < 4.78 is 1.85. The second-order valence-electron chi connectivity index (χ2n) is 7.55. The molecule has 7 heteroatoms. The molecule has 0 spiro atoms. The van der Waals surface area contributed by atoms with Crippen molar-refractivity contribution >= 4 is 28.8 Å². The van der Waals surface area contributed by atoms with E-state index in [1.165, 1.54) is 0 Å². The van der Waals surface area contributed by atoms with Gasteiger partial charge in [-0.3, -0.25) is 4.79 Å². The fourth-order valence-electron chi connectivity index (χ4n) is 3.86. The molecule has 0 bridgehead atoms. The van der Waals surface area contributed by atoms with Crippen LogP contribution in [-0.2, 0) is 4.79 Å². The molecule has 6 nitrogen and oxygen atoms in total. The second kappa shape index (κ2) is 8.82. The number of piperidine rings is 1. The maximum atomic E-state index is 12.5. The maximum Gasteiger partial charge on any atom is 0.224 e. The molecule has 152 valence electrons. The molecule has 1 atom stereocenters. The first-order chi connectivity index (χ1) is 14.2. The van der Waals surface area contributed by atoms with Crippen LogP contribution in [0.25, 0.3) is 16.8 Å². The van der Waals surface area contributed by atoms with Gasteiger partial charge in [0, 0.05) is 42.6 Å². The van der Waals surface area contributed by atoms with Crippen molar-refractivity contribution in [3.8, 4) is 11.3 Å². The molecule has 2 aromatic heterocycles. The number of amides is 1. The molecule has 1 N–H and O–H groups in total. The van der Waals surface area contributed by atoms with Crippen molar-refractivity contribution in [2.45, 2.75) is 32.6 Å². The third-order valence-electron chi connectivity index (χ3n) is 5.41. The highest BCUT2D eigenvalue weighted by Crippen LogP contribution is 2.29. The van der Waals surface area contributed by atoms with E-state index in [9.17, 15) is 4.79 Å². The van der Waals surface area contributed by atoms with Crippen LogP contribution < -0.4 is 10.2 Å². The van der Waals surface area contributed by atoms with E-state index >= 15 is 0 Å². The Hall–Kier alpha value is -2.60. The van der Waals surface area contributed by atoms with Gasteiger partial charge in [0.1, 0.15) is 5.52 Å². The van der Waals surface area contributed by atoms with Gasteiger partial charge in [0.2, 0.25) is 5.91 Å². The monoisotopic (exact) mass is 411 g/mol. The van der Waals surface area contributed by atoms with Crippen molar-refractivity contribution in [2.75, 3.05) is 24.5 Å². The Bertz CT molecular complexity index is 1000. The number of carbonyl (C=O) groups is 1. The SMILES string of the molecule is CCCCNC(=O)[C@H]1CCCN(c2nccn3nc(-c4cccc(Cl)c4)cc23)C1. The molecule has 0 saturated carbocycles. The van der Waals surface area contributed by atoms with E-state index in [0.29, 0.717) is 11.6 Å². The second-order valence-corrected chi connectivity index (χ2v) is 7.99. The molecule has 0 aliphatic carbocycles. The molecular formula is C22H26ClN5O. The highest BCUT2D eigenvalue weighted by molar-refractivity contribution is 6.30. The topological polar surface area (TPSA) is 62.5 Å². The van der Waals surface area contributed by atoms with Crippen molar-refractivity contribution in [1.82, 2.24) is 19.9 Å². The summed E-state index contributed by atoms with van der Waals surface area (Å²) in [6.45, 7) is 4.46. The van der Waals surface area contributed by atoms with Crippen molar-refractivity contribution < 1.29 is 4.79 Å². The molecule has 1 aliphatic heterocycles. The van der Waals surface area contributed by atoms with Crippen LogP contribution >= 0.6 is 11.6 Å². The van der Waals surface area contributed by atoms with Crippen LogP contribution in [0.4, 0.5) is 5.82 Å². The number of fused-ring (bicyclic) bond motifs is 1. The third-order valence-corrected chi connectivity index (χ3v) is 5.65. The smallest absolute Gasteiger partial charge is 0.224 e. The number of unbranched alkanes of at least 4 members (excludes halogenated alkanes) is 1. The number of carbonyl (C=O) groups excluding carboxylic acids is 1. The first-order valence-corrected chi connectivity index (χ1v) is 10.7. The summed E-state index contributed by atoms with van der Waals surface area (Å²) in [5.74, 6) is 1.03. The van der Waals surface area contributed by atoms with Crippen molar-refractivity contribution in [3.63, 3.8) is 0 Å². The predicted octanol–water partition coefficient (Wildman–Crippen LogP) is 4.18. The Morgan fingerprint density at radius 1 is 1.34 bits per heavy atom. The van der Waals surface area contributed by atoms with Crippen molar-refractivity contribution in [2.24, 2.45) is 5.92 Å². The molecule has 1 aliphatic rings. The molecule has 1 fully saturated rings. The predicted molar refractivity (Wildman–Crippen MR) is 116 cm³/mol. The standard InChI is InChI=1S/C22H26ClN5O/c1-2-3-9-25-22(29)17-7-5-11-27(15-17)21-20-14-19(26-28(20)12-10-24-21)16-6-4-8-18(23)13-16/h4,6,8,10,12-14,17H,2-3,5,7,9,11,15H2,1H3,(H,25,29)/t17-/m0/s1. The quantitative estimate of drug-likeness (QED) is 0.618. The third kappa shape index (κ3) is 4.37. The number of hydrogen-bond acceptors (Lipinski definition) is 4. The molecule has 1 amide bonds. The van der Waals surface area contributed by atoms with Gasteiger partial charge in [0.15, 0.2) is 5.82 Å². The van der Waals surface area contributed by atoms with Crippen molar-refractivity contribution in [1.29, 1.82) is 0 Å². The normalized spacial score (nSPS) is 16.9. The zero-order valence-electron chi connectivity index (χ0n) is 16.6. The maximum absolute atomic E-state index is 12.5. The molecule has 0 radical (unpaired) electrons. The summed E-state index contributed by atoms with van der Waals surface area (Å²) in [6.07, 6.45) is 7.62. The number of nitrogens with one attached hydrogen (secondary N) is 1. The Morgan fingerprint density at radius 3 is 3.07 bits per heavy atom. The molecule has 1 saturated heterocycles. The average Bonchev–Trinajstić information content (AvgIpc) is 3.18. The van der Waals surface area contributed by atoms with Gasteiger partial charge in [-0.15, -0.1) is 0 Å². The lowest BCUT2D eigenvalue weighted by Crippen LogP contribution is -2.43. The summed E-state index contributed by atoms with van der Waals surface area (Å²) in [5, 5.41) is 8.46. The van der Waals surface area contributed by atoms with Crippen LogP contribution in [0.15, 0.2) is 42.7 Å². The average molecular weight is 412 g/mol. The number of aromatic nitrogens is 3. The van der Waals surface area contributed by atoms with Crippen LogP contribution in [0.1, 0.15) is 32.6 Å². The Kier molecular flexibility index (Phi) is 6.00. The van der Waals surface area contributed by atoms with Crippen LogP contribution in [0.3, 0.4) is 0 Å². The van der Waals surface area contributed by atoms with Gasteiger partial charge in [-0.1, -0.05) is 37.1 Å². The molecule has 0 unspecified atom stereocenters. The van der Waals surface area contributed by atoms with E-state index < -0.39 is 0 Å². The van der Waals surface area contributed by atoms with Gasteiger partial charge in [0.05, 0.1) is 11.6 Å². The summed E-state index contributed by atoms with van der Waals surface area (Å²) in [7, 11) is 0. The van der Waals surface area contributed by atoms with Crippen LogP contribution in [0.2, 0.25) is 5.02 Å². The van der Waals surface area contributed by atoms with Crippen LogP contribution in [0, 0.1) is 5.92 Å². The number of anilines is 1. The Morgan fingerprint density at radius 2 is 2.24 bits per heavy atom. The summed E-state index contributed by atoms with van der Waals surface area (Å²) in [4.78, 5) is 19.4. The van der Waals surface area contributed by atoms with E-state index in [0.717, 1.165) is 61.4 Å². The molecule has 1 aromatic carbocycles. The highest BCUT2D eigenvalue weighted by atomic mass is 35.5. The minimum absolute atomic E-state index is 0.00187. The Labute approximate surface area is 175 Å². The first kappa shape index (κ1) is 19.7. The lowest BCUT2D eigenvalue weighted by Gasteiger charge is -2.33. The van der Waals surface area contributed by atoms with E-state index in [-0.39, 0.29) is 11.8 Å². The van der Waals surface area contributed by atoms with Gasteiger partial charge in [0.25, 0.3) is 0 Å². The van der Waals surface area contributed by atoms with Crippen LogP contribution in [0.5, 0.6) is 0 Å². The number of nitrogens with zero attached hydrogens (tertiary/aromatic N) is 4. The fraction of sp³-hybridized carbons (Fsp3) is 0.409. The van der Waals surface area contributed by atoms with Crippen LogP contribution in [-0.4, -0.2) is 40.1 Å². The first-order valence-electron chi connectivity index (χ1n) is 10.3. The highest BCUT2D eigenvalue weighted by Gasteiger charge is 2.27. The lowest BCUT2D eigenvalue weighted by molar-refractivity contribution is -0.125. The number of rotatable bonds is 6. The van der Waals surface area contributed by atoms with E-state index in [2.05, 4.69) is 22.1 Å². The molecule has 3 heterocycles. The minimum Gasteiger partial charge on any atom is -0.356 e. The molecular weight excluding hydrogens is 386 g/mol. The van der Waals surface area contributed by atoms with E-state index in [1.807, 2.05) is 41.0 Å².